The normalized spacial score (nSPS) is 17.8. The van der Waals surface area contributed by atoms with Crippen LogP contribution in [0.2, 0.25) is 0 Å². The van der Waals surface area contributed by atoms with Crippen LogP contribution in [-0.4, -0.2) is 13.1 Å². The van der Waals surface area contributed by atoms with Gasteiger partial charge in [-0.1, -0.05) is 38.1 Å². The molecule has 0 saturated heterocycles. The number of carbonyl (C=O) groups is 1. The third kappa shape index (κ3) is 3.78. The maximum Gasteiger partial charge on any atom is 0.337 e. The van der Waals surface area contributed by atoms with Crippen LogP contribution in [0.15, 0.2) is 47.6 Å². The summed E-state index contributed by atoms with van der Waals surface area (Å²) in [4.78, 5) is 11.8. The molecule has 0 amide bonds. The Hall–Kier alpha value is -2.09. The summed E-state index contributed by atoms with van der Waals surface area (Å²) in [6, 6.07) is 5.83. The Labute approximate surface area is 152 Å². The molecule has 1 aliphatic rings. The molecule has 0 aliphatic heterocycles. The SMILES string of the molecule is C=C/C(C)=C(/C1=C(C)CCCC1(C)C)c1ccc(C(=O)OC)cc1C. The molecule has 0 unspecified atom stereocenters. The van der Waals surface area contributed by atoms with Crippen LogP contribution in [0.25, 0.3) is 5.57 Å². The molecule has 134 valence electrons. The van der Waals surface area contributed by atoms with Crippen LogP contribution >= 0.6 is 0 Å². The number of methoxy groups -OCH3 is 1. The smallest absolute Gasteiger partial charge is 0.337 e. The molecule has 1 aromatic rings. The molecular weight excluding hydrogens is 308 g/mol. The Kier molecular flexibility index (Phi) is 5.72. The van der Waals surface area contributed by atoms with Crippen LogP contribution in [0.5, 0.6) is 0 Å². The zero-order valence-electron chi connectivity index (χ0n) is 16.5. The number of benzene rings is 1. The van der Waals surface area contributed by atoms with Crippen molar-refractivity contribution < 1.29 is 9.53 Å². The summed E-state index contributed by atoms with van der Waals surface area (Å²) in [5, 5.41) is 0. The van der Waals surface area contributed by atoms with Gasteiger partial charge in [-0.05, 0) is 85.4 Å². The lowest BCUT2D eigenvalue weighted by atomic mass is 9.67. The maximum atomic E-state index is 11.8. The van der Waals surface area contributed by atoms with E-state index in [1.807, 2.05) is 18.2 Å². The number of rotatable bonds is 4. The van der Waals surface area contributed by atoms with E-state index in [0.29, 0.717) is 5.56 Å². The minimum atomic E-state index is -0.297. The summed E-state index contributed by atoms with van der Waals surface area (Å²) < 4.78 is 4.85. The van der Waals surface area contributed by atoms with Gasteiger partial charge in [0.15, 0.2) is 0 Å². The van der Waals surface area contributed by atoms with E-state index < -0.39 is 0 Å². The fourth-order valence-corrected chi connectivity index (χ4v) is 4.01. The second kappa shape index (κ2) is 7.43. The summed E-state index contributed by atoms with van der Waals surface area (Å²) in [6.45, 7) is 15.1. The maximum absolute atomic E-state index is 11.8. The Bertz CT molecular complexity index is 760. The van der Waals surface area contributed by atoms with E-state index >= 15 is 0 Å². The molecule has 1 aromatic carbocycles. The van der Waals surface area contributed by atoms with Gasteiger partial charge in [0.1, 0.15) is 0 Å². The highest BCUT2D eigenvalue weighted by atomic mass is 16.5. The fourth-order valence-electron chi connectivity index (χ4n) is 4.01. The number of esters is 1. The molecule has 25 heavy (non-hydrogen) atoms. The lowest BCUT2D eigenvalue weighted by Crippen LogP contribution is -2.22. The third-order valence-electron chi connectivity index (χ3n) is 5.32. The van der Waals surface area contributed by atoms with Crippen LogP contribution < -0.4 is 0 Å². The second-order valence-electron chi connectivity index (χ2n) is 7.68. The number of allylic oxidation sites excluding steroid dienone is 5. The Morgan fingerprint density at radius 2 is 1.96 bits per heavy atom. The summed E-state index contributed by atoms with van der Waals surface area (Å²) in [6.07, 6.45) is 5.51. The van der Waals surface area contributed by atoms with Crippen LogP contribution in [0, 0.1) is 12.3 Å². The number of hydrogen-bond donors (Lipinski definition) is 0. The number of aryl methyl sites for hydroxylation is 1. The zero-order chi connectivity index (χ0) is 18.8. The van der Waals surface area contributed by atoms with Gasteiger partial charge in [0.2, 0.25) is 0 Å². The molecule has 0 spiro atoms. The third-order valence-corrected chi connectivity index (χ3v) is 5.32. The quantitative estimate of drug-likeness (QED) is 0.478. The number of ether oxygens (including phenoxy) is 1. The van der Waals surface area contributed by atoms with Crippen molar-refractivity contribution in [2.45, 2.75) is 53.9 Å². The minimum Gasteiger partial charge on any atom is -0.465 e. The second-order valence-corrected chi connectivity index (χ2v) is 7.68. The summed E-state index contributed by atoms with van der Waals surface area (Å²) in [5.74, 6) is -0.297. The van der Waals surface area contributed by atoms with Gasteiger partial charge in [-0.3, -0.25) is 0 Å². The van der Waals surface area contributed by atoms with Gasteiger partial charge in [0.05, 0.1) is 12.7 Å². The van der Waals surface area contributed by atoms with Crippen LogP contribution in [0.1, 0.15) is 68.4 Å². The van der Waals surface area contributed by atoms with E-state index in [0.717, 1.165) is 12.0 Å². The van der Waals surface area contributed by atoms with Crippen molar-refractivity contribution >= 4 is 11.5 Å². The van der Waals surface area contributed by atoms with Gasteiger partial charge in [-0.15, -0.1) is 0 Å². The highest BCUT2D eigenvalue weighted by Crippen LogP contribution is 2.48. The van der Waals surface area contributed by atoms with Crippen molar-refractivity contribution in [1.29, 1.82) is 0 Å². The molecule has 0 bridgehead atoms. The average Bonchev–Trinajstić information content (AvgIpc) is 2.57. The summed E-state index contributed by atoms with van der Waals surface area (Å²) in [7, 11) is 1.41. The lowest BCUT2D eigenvalue weighted by Gasteiger charge is -2.37. The van der Waals surface area contributed by atoms with Gasteiger partial charge in [-0.25, -0.2) is 4.79 Å². The molecule has 0 heterocycles. The topological polar surface area (TPSA) is 26.3 Å². The molecular formula is C23H30O2. The first kappa shape index (κ1) is 19.2. The number of carbonyl (C=O) groups excluding carboxylic acids is 1. The molecule has 0 saturated carbocycles. The molecule has 2 rings (SSSR count). The fraction of sp³-hybridized carbons (Fsp3) is 0.435. The van der Waals surface area contributed by atoms with E-state index in [-0.39, 0.29) is 11.4 Å². The Balaban J connectivity index is 2.70. The van der Waals surface area contributed by atoms with Crippen molar-refractivity contribution in [2.75, 3.05) is 7.11 Å². The Morgan fingerprint density at radius 1 is 1.28 bits per heavy atom. The largest absolute Gasteiger partial charge is 0.465 e. The first-order chi connectivity index (χ1) is 11.7. The predicted octanol–water partition coefficient (Wildman–Crippen LogP) is 6.27. The van der Waals surface area contributed by atoms with Gasteiger partial charge in [0.25, 0.3) is 0 Å². The van der Waals surface area contributed by atoms with Gasteiger partial charge in [-0.2, -0.15) is 0 Å². The summed E-state index contributed by atoms with van der Waals surface area (Å²) >= 11 is 0. The van der Waals surface area contributed by atoms with Crippen molar-refractivity contribution in [3.05, 3.63) is 64.3 Å². The van der Waals surface area contributed by atoms with Crippen molar-refractivity contribution in [3.63, 3.8) is 0 Å². The highest BCUT2D eigenvalue weighted by molar-refractivity contribution is 5.92. The van der Waals surface area contributed by atoms with Crippen LogP contribution in [0.4, 0.5) is 0 Å². The lowest BCUT2D eigenvalue weighted by molar-refractivity contribution is 0.0600. The van der Waals surface area contributed by atoms with E-state index in [1.165, 1.54) is 47.8 Å². The minimum absolute atomic E-state index is 0.134. The predicted molar refractivity (Wildman–Crippen MR) is 106 cm³/mol. The van der Waals surface area contributed by atoms with E-state index in [1.54, 1.807) is 0 Å². The van der Waals surface area contributed by atoms with Crippen molar-refractivity contribution in [2.24, 2.45) is 5.41 Å². The average molecular weight is 338 g/mol. The monoisotopic (exact) mass is 338 g/mol. The molecule has 0 radical (unpaired) electrons. The molecule has 2 heteroatoms. The van der Waals surface area contributed by atoms with Gasteiger partial charge < -0.3 is 4.74 Å². The molecule has 0 fully saturated rings. The Morgan fingerprint density at radius 3 is 2.48 bits per heavy atom. The van der Waals surface area contributed by atoms with E-state index in [9.17, 15) is 4.79 Å². The first-order valence-electron chi connectivity index (χ1n) is 8.96. The van der Waals surface area contributed by atoms with Gasteiger partial charge in [0, 0.05) is 0 Å². The molecule has 1 aliphatic carbocycles. The van der Waals surface area contributed by atoms with Gasteiger partial charge >= 0.3 is 5.97 Å². The van der Waals surface area contributed by atoms with E-state index in [2.05, 4.69) is 47.3 Å². The molecule has 2 nitrogen and oxygen atoms in total. The standard InChI is InChI=1S/C23H30O2/c1-8-15(2)20(21-16(3)10-9-13-23(21,5)6)19-12-11-18(14-17(19)4)22(24)25-7/h8,11-12,14H,1,9-10,13H2,2-7H3/b20-15+. The van der Waals surface area contributed by atoms with Crippen molar-refractivity contribution in [3.8, 4) is 0 Å². The van der Waals surface area contributed by atoms with Crippen LogP contribution in [0.3, 0.4) is 0 Å². The molecule has 0 N–H and O–H groups in total. The zero-order valence-corrected chi connectivity index (χ0v) is 16.5. The van der Waals surface area contributed by atoms with E-state index in [4.69, 9.17) is 4.74 Å². The first-order valence-corrected chi connectivity index (χ1v) is 8.96. The van der Waals surface area contributed by atoms with Crippen LogP contribution in [-0.2, 0) is 4.74 Å². The van der Waals surface area contributed by atoms with Crippen molar-refractivity contribution in [1.82, 2.24) is 0 Å². The highest BCUT2D eigenvalue weighted by Gasteiger charge is 2.32. The molecule has 0 aromatic heterocycles. The number of hydrogen-bond acceptors (Lipinski definition) is 2. The molecule has 0 atom stereocenters. The summed E-state index contributed by atoms with van der Waals surface area (Å²) in [5.41, 5.74) is 8.33.